The van der Waals surface area contributed by atoms with Gasteiger partial charge in [-0.2, -0.15) is 0 Å². The minimum absolute atomic E-state index is 0.0207. The van der Waals surface area contributed by atoms with E-state index in [1.165, 1.54) is 18.9 Å². The van der Waals surface area contributed by atoms with Gasteiger partial charge in [0.05, 0.1) is 6.04 Å². The third-order valence-corrected chi connectivity index (χ3v) is 2.49. The van der Waals surface area contributed by atoms with E-state index >= 15 is 0 Å². The zero-order chi connectivity index (χ0) is 9.97. The third kappa shape index (κ3) is 1.80. The maximum Gasteiger partial charge on any atom is 0.371 e. The van der Waals surface area contributed by atoms with E-state index in [0.717, 1.165) is 18.7 Å². The molecule has 1 saturated heterocycles. The second-order valence-corrected chi connectivity index (χ2v) is 3.51. The first-order chi connectivity index (χ1) is 6.77. The topological polar surface area (TPSA) is 62.5 Å². The van der Waals surface area contributed by atoms with E-state index in [-0.39, 0.29) is 11.8 Å². The molecule has 0 radical (unpaired) electrons. The Morgan fingerprint density at radius 2 is 2.36 bits per heavy atom. The summed E-state index contributed by atoms with van der Waals surface area (Å²) in [6.45, 7) is 0.980. The van der Waals surface area contributed by atoms with Crippen molar-refractivity contribution in [2.45, 2.75) is 25.3 Å². The lowest BCUT2D eigenvalue weighted by Crippen LogP contribution is -2.26. The monoisotopic (exact) mass is 195 g/mol. The number of carboxylic acid groups (broad SMARTS) is 1. The summed E-state index contributed by atoms with van der Waals surface area (Å²) in [6.07, 6.45) is 3.37. The van der Waals surface area contributed by atoms with Gasteiger partial charge in [-0.15, -0.1) is 0 Å². The maximum atomic E-state index is 10.6. The molecule has 0 saturated carbocycles. The van der Waals surface area contributed by atoms with E-state index in [1.54, 1.807) is 6.07 Å². The first kappa shape index (κ1) is 9.27. The van der Waals surface area contributed by atoms with Crippen LogP contribution in [0.15, 0.2) is 16.5 Å². The Bertz CT molecular complexity index is 326. The molecule has 76 valence electrons. The molecule has 0 aromatic carbocycles. The van der Waals surface area contributed by atoms with Gasteiger partial charge in [-0.25, -0.2) is 4.79 Å². The highest BCUT2D eigenvalue weighted by molar-refractivity contribution is 5.84. The summed E-state index contributed by atoms with van der Waals surface area (Å²) in [6, 6.07) is 3.44. The summed E-state index contributed by atoms with van der Waals surface area (Å²) in [5.41, 5.74) is 0. The number of piperidine rings is 1. The Labute approximate surface area is 81.9 Å². The molecule has 2 N–H and O–H groups in total. The molecule has 1 fully saturated rings. The molecule has 1 aliphatic heterocycles. The number of rotatable bonds is 2. The van der Waals surface area contributed by atoms with Gasteiger partial charge in [-0.05, 0) is 31.5 Å². The van der Waals surface area contributed by atoms with Gasteiger partial charge in [-0.1, -0.05) is 6.42 Å². The lowest BCUT2D eigenvalue weighted by atomic mass is 10.0. The summed E-state index contributed by atoms with van der Waals surface area (Å²) in [5, 5.41) is 12.0. The molecular formula is C10H13NO3. The predicted molar refractivity (Wildman–Crippen MR) is 50.3 cm³/mol. The van der Waals surface area contributed by atoms with Gasteiger partial charge in [0.2, 0.25) is 5.76 Å². The first-order valence-corrected chi connectivity index (χ1v) is 4.84. The highest BCUT2D eigenvalue weighted by Gasteiger charge is 2.19. The van der Waals surface area contributed by atoms with E-state index in [0.29, 0.717) is 0 Å². The van der Waals surface area contributed by atoms with Crippen LogP contribution in [0.1, 0.15) is 41.6 Å². The lowest BCUT2D eigenvalue weighted by molar-refractivity contribution is 0.0659. The Balaban J connectivity index is 2.11. The predicted octanol–water partition coefficient (Wildman–Crippen LogP) is 1.79. The van der Waals surface area contributed by atoms with Crippen LogP contribution < -0.4 is 5.32 Å². The molecule has 0 bridgehead atoms. The van der Waals surface area contributed by atoms with Crippen LogP contribution in [0.3, 0.4) is 0 Å². The smallest absolute Gasteiger partial charge is 0.371 e. The highest BCUT2D eigenvalue weighted by Crippen LogP contribution is 2.24. The SMILES string of the molecule is O=C(O)c1ccc(C2CCCCN2)o1. The number of aromatic carboxylic acids is 1. The fourth-order valence-corrected chi connectivity index (χ4v) is 1.75. The van der Waals surface area contributed by atoms with Gasteiger partial charge >= 0.3 is 5.97 Å². The second kappa shape index (κ2) is 3.84. The Morgan fingerprint density at radius 3 is 2.93 bits per heavy atom. The molecule has 1 aromatic heterocycles. The van der Waals surface area contributed by atoms with Crippen molar-refractivity contribution in [1.82, 2.24) is 5.32 Å². The summed E-state index contributed by atoms with van der Waals surface area (Å²) >= 11 is 0. The van der Waals surface area contributed by atoms with Gasteiger partial charge in [-0.3, -0.25) is 0 Å². The third-order valence-electron chi connectivity index (χ3n) is 2.49. The molecule has 0 amide bonds. The molecule has 4 heteroatoms. The quantitative estimate of drug-likeness (QED) is 0.755. The highest BCUT2D eigenvalue weighted by atomic mass is 16.4. The first-order valence-electron chi connectivity index (χ1n) is 4.84. The average molecular weight is 195 g/mol. The molecule has 2 heterocycles. The molecule has 1 aromatic rings. The van der Waals surface area contributed by atoms with Crippen LogP contribution in [0.25, 0.3) is 0 Å². The normalized spacial score (nSPS) is 22.1. The zero-order valence-electron chi connectivity index (χ0n) is 7.82. The van der Waals surface area contributed by atoms with Crippen molar-refractivity contribution in [2.75, 3.05) is 6.54 Å². The fourth-order valence-electron chi connectivity index (χ4n) is 1.75. The zero-order valence-corrected chi connectivity index (χ0v) is 7.82. The fraction of sp³-hybridized carbons (Fsp3) is 0.500. The molecule has 0 aliphatic carbocycles. The molecule has 1 atom stereocenters. The van der Waals surface area contributed by atoms with Gasteiger partial charge in [0.15, 0.2) is 0 Å². The maximum absolute atomic E-state index is 10.6. The summed E-state index contributed by atoms with van der Waals surface area (Å²) in [7, 11) is 0. The van der Waals surface area contributed by atoms with Gasteiger partial charge in [0.1, 0.15) is 5.76 Å². The average Bonchev–Trinajstić information content (AvgIpc) is 2.68. The van der Waals surface area contributed by atoms with Gasteiger partial charge in [0.25, 0.3) is 0 Å². The number of carboxylic acids is 1. The molecule has 14 heavy (non-hydrogen) atoms. The Hall–Kier alpha value is -1.29. The van der Waals surface area contributed by atoms with Crippen LogP contribution in [-0.2, 0) is 0 Å². The van der Waals surface area contributed by atoms with Crippen LogP contribution in [0.5, 0.6) is 0 Å². The van der Waals surface area contributed by atoms with Crippen LogP contribution in [0.4, 0.5) is 0 Å². The number of hydrogen-bond donors (Lipinski definition) is 2. The minimum atomic E-state index is -1.01. The summed E-state index contributed by atoms with van der Waals surface area (Å²) in [5.74, 6) is -0.249. The van der Waals surface area contributed by atoms with Crippen LogP contribution in [0.2, 0.25) is 0 Å². The van der Waals surface area contributed by atoms with Gasteiger partial charge < -0.3 is 14.8 Å². The largest absolute Gasteiger partial charge is 0.475 e. The van der Waals surface area contributed by atoms with Crippen LogP contribution in [0, 0.1) is 0 Å². The van der Waals surface area contributed by atoms with E-state index in [4.69, 9.17) is 9.52 Å². The number of carbonyl (C=O) groups is 1. The second-order valence-electron chi connectivity index (χ2n) is 3.51. The van der Waals surface area contributed by atoms with Crippen LogP contribution >= 0.6 is 0 Å². The van der Waals surface area contributed by atoms with Crippen molar-refractivity contribution in [2.24, 2.45) is 0 Å². The molecule has 0 spiro atoms. The van der Waals surface area contributed by atoms with Crippen molar-refractivity contribution in [3.05, 3.63) is 23.7 Å². The van der Waals surface area contributed by atoms with E-state index in [9.17, 15) is 4.79 Å². The summed E-state index contributed by atoms with van der Waals surface area (Å²) < 4.78 is 5.22. The van der Waals surface area contributed by atoms with E-state index in [2.05, 4.69) is 5.32 Å². The molecule has 2 rings (SSSR count). The van der Waals surface area contributed by atoms with Crippen molar-refractivity contribution in [3.8, 4) is 0 Å². The van der Waals surface area contributed by atoms with E-state index < -0.39 is 5.97 Å². The van der Waals surface area contributed by atoms with Crippen molar-refractivity contribution >= 4 is 5.97 Å². The van der Waals surface area contributed by atoms with Crippen LogP contribution in [-0.4, -0.2) is 17.6 Å². The van der Waals surface area contributed by atoms with Gasteiger partial charge in [0, 0.05) is 0 Å². The lowest BCUT2D eigenvalue weighted by Gasteiger charge is -2.21. The number of hydrogen-bond acceptors (Lipinski definition) is 3. The molecule has 1 aliphatic rings. The Kier molecular flexibility index (Phi) is 2.54. The summed E-state index contributed by atoms with van der Waals surface area (Å²) in [4.78, 5) is 10.6. The minimum Gasteiger partial charge on any atom is -0.475 e. The number of furan rings is 1. The standard InChI is InChI=1S/C10H13NO3/c12-10(13)9-5-4-8(14-9)7-3-1-2-6-11-7/h4-5,7,11H,1-3,6H2,(H,12,13). The molecular weight excluding hydrogens is 182 g/mol. The molecule has 4 nitrogen and oxygen atoms in total. The van der Waals surface area contributed by atoms with E-state index in [1.807, 2.05) is 0 Å². The number of nitrogens with one attached hydrogen (secondary N) is 1. The van der Waals surface area contributed by atoms with Crippen molar-refractivity contribution in [3.63, 3.8) is 0 Å². The Morgan fingerprint density at radius 1 is 1.50 bits per heavy atom. The van der Waals surface area contributed by atoms with Crippen molar-refractivity contribution in [1.29, 1.82) is 0 Å². The van der Waals surface area contributed by atoms with Crippen molar-refractivity contribution < 1.29 is 14.3 Å². The molecule has 1 unspecified atom stereocenters.